The number of hydrogen-bond acceptors (Lipinski definition) is 4. The molecule has 4 N–H and O–H groups in total. The van der Waals surface area contributed by atoms with Crippen molar-refractivity contribution in [3.05, 3.63) is 48.0 Å². The second-order valence-electron chi connectivity index (χ2n) is 4.70. The maximum atomic E-state index is 8.87. The number of ether oxygens (including phenoxy) is 1. The number of hydrogen-bond donors (Lipinski definition) is 3. The summed E-state index contributed by atoms with van der Waals surface area (Å²) in [5.74, 6) is 0.0499. The highest BCUT2D eigenvalue weighted by Crippen LogP contribution is 2.14. The Morgan fingerprint density at radius 2 is 2.15 bits per heavy atom. The molecule has 0 aliphatic heterocycles. The van der Waals surface area contributed by atoms with Gasteiger partial charge in [-0.05, 0) is 12.5 Å². The average molecular weight is 277 g/mol. The van der Waals surface area contributed by atoms with Crippen molar-refractivity contribution in [3.8, 4) is 0 Å². The van der Waals surface area contributed by atoms with Gasteiger partial charge in [0.25, 0.3) is 0 Å². The number of oxime groups is 1. The van der Waals surface area contributed by atoms with Gasteiger partial charge in [-0.15, -0.1) is 0 Å². The van der Waals surface area contributed by atoms with Gasteiger partial charge in [0.15, 0.2) is 0 Å². The van der Waals surface area contributed by atoms with E-state index in [-0.39, 0.29) is 11.8 Å². The Morgan fingerprint density at radius 1 is 1.45 bits per heavy atom. The number of rotatable bonds is 9. The maximum absolute atomic E-state index is 8.87. The predicted octanol–water partition coefficient (Wildman–Crippen LogP) is 1.70. The fraction of sp³-hybridized carbons (Fsp3) is 0.400. The van der Waals surface area contributed by atoms with Crippen LogP contribution in [0.1, 0.15) is 18.4 Å². The van der Waals surface area contributed by atoms with Crippen molar-refractivity contribution in [2.45, 2.75) is 12.8 Å². The van der Waals surface area contributed by atoms with Crippen LogP contribution in [-0.2, 0) is 4.74 Å². The molecule has 0 amide bonds. The molecule has 0 bridgehead atoms. The molecule has 0 heterocycles. The third-order valence-corrected chi connectivity index (χ3v) is 2.79. The van der Waals surface area contributed by atoms with Crippen LogP contribution in [0.25, 0.3) is 0 Å². The lowest BCUT2D eigenvalue weighted by atomic mass is 9.98. The molecule has 1 aromatic carbocycles. The summed E-state index contributed by atoms with van der Waals surface area (Å²) in [7, 11) is 0. The van der Waals surface area contributed by atoms with Crippen molar-refractivity contribution in [2.75, 3.05) is 26.3 Å². The van der Waals surface area contributed by atoms with Crippen LogP contribution < -0.4 is 11.1 Å². The van der Waals surface area contributed by atoms with Gasteiger partial charge in [0.05, 0.1) is 19.1 Å². The maximum Gasteiger partial charge on any atom is 0.147 e. The Hall–Kier alpha value is -1.85. The second kappa shape index (κ2) is 9.12. The first-order chi connectivity index (χ1) is 9.65. The van der Waals surface area contributed by atoms with Crippen LogP contribution in [0.2, 0.25) is 0 Å². The van der Waals surface area contributed by atoms with Gasteiger partial charge >= 0.3 is 0 Å². The molecule has 0 aliphatic carbocycles. The molecule has 5 heteroatoms. The van der Waals surface area contributed by atoms with Gasteiger partial charge in [-0.3, -0.25) is 0 Å². The minimum absolute atomic E-state index is 0.151. The minimum atomic E-state index is -0.151. The van der Waals surface area contributed by atoms with Crippen LogP contribution in [0.5, 0.6) is 0 Å². The van der Waals surface area contributed by atoms with Crippen molar-refractivity contribution in [2.24, 2.45) is 10.9 Å². The van der Waals surface area contributed by atoms with Crippen LogP contribution in [-0.4, -0.2) is 37.3 Å². The summed E-state index contributed by atoms with van der Waals surface area (Å²) in [4.78, 5) is 0. The molecule has 0 aliphatic rings. The molecule has 1 unspecified atom stereocenters. The fourth-order valence-electron chi connectivity index (χ4n) is 1.79. The van der Waals surface area contributed by atoms with E-state index in [0.29, 0.717) is 26.3 Å². The zero-order valence-corrected chi connectivity index (χ0v) is 11.9. The molecule has 0 spiro atoms. The molecule has 1 atom stereocenters. The summed E-state index contributed by atoms with van der Waals surface area (Å²) in [6.45, 7) is 8.17. The van der Waals surface area contributed by atoms with Gasteiger partial charge in [0, 0.05) is 13.1 Å². The third kappa shape index (κ3) is 5.86. The van der Waals surface area contributed by atoms with Gasteiger partial charge in [0.1, 0.15) is 5.84 Å². The highest BCUT2D eigenvalue weighted by atomic mass is 16.5. The van der Waals surface area contributed by atoms with E-state index in [9.17, 15) is 0 Å². The summed E-state index contributed by atoms with van der Waals surface area (Å²) in [5.41, 5.74) is 7.76. The quantitative estimate of drug-likeness (QED) is 0.160. The van der Waals surface area contributed by atoms with Gasteiger partial charge < -0.3 is 21.0 Å². The second-order valence-corrected chi connectivity index (χ2v) is 4.70. The number of nitrogens with two attached hydrogens (primary N) is 1. The Labute approximate surface area is 120 Å². The van der Waals surface area contributed by atoms with Crippen LogP contribution in [0.4, 0.5) is 0 Å². The van der Waals surface area contributed by atoms with E-state index in [1.165, 1.54) is 0 Å². The molecule has 0 saturated heterocycles. The number of nitrogens with one attached hydrogen (secondary N) is 1. The molecule has 110 valence electrons. The van der Waals surface area contributed by atoms with Gasteiger partial charge in [-0.2, -0.15) is 0 Å². The smallest absolute Gasteiger partial charge is 0.147 e. The minimum Gasteiger partial charge on any atom is -0.409 e. The first-order valence-corrected chi connectivity index (χ1v) is 6.60. The summed E-state index contributed by atoms with van der Waals surface area (Å²) < 4.78 is 5.40. The molecule has 20 heavy (non-hydrogen) atoms. The zero-order valence-electron chi connectivity index (χ0n) is 11.9. The van der Waals surface area contributed by atoms with Crippen LogP contribution in [0.15, 0.2) is 47.6 Å². The van der Waals surface area contributed by atoms with E-state index in [2.05, 4.69) is 17.1 Å². The first-order valence-electron chi connectivity index (χ1n) is 6.60. The third-order valence-electron chi connectivity index (χ3n) is 2.79. The molecular weight excluding hydrogens is 254 g/mol. The highest BCUT2D eigenvalue weighted by molar-refractivity contribution is 5.87. The lowest BCUT2D eigenvalue weighted by Crippen LogP contribution is -2.33. The molecule has 0 radical (unpaired) electrons. The van der Waals surface area contributed by atoms with Gasteiger partial charge in [-0.25, -0.2) is 0 Å². The van der Waals surface area contributed by atoms with E-state index in [1.54, 1.807) is 0 Å². The SMILES string of the molecule is C=C(C)COCCNCC(/C(N)=N/O)c1ccccc1. The van der Waals surface area contributed by atoms with Crippen LogP contribution in [0, 0.1) is 0 Å². The van der Waals surface area contributed by atoms with Gasteiger partial charge in [0.2, 0.25) is 0 Å². The molecule has 0 aromatic heterocycles. The molecule has 5 nitrogen and oxygen atoms in total. The Balaban J connectivity index is 2.41. The van der Waals surface area contributed by atoms with Crippen molar-refractivity contribution in [1.82, 2.24) is 5.32 Å². The van der Waals surface area contributed by atoms with E-state index < -0.39 is 0 Å². The molecule has 0 fully saturated rings. The molecular formula is C15H23N3O2. The lowest BCUT2D eigenvalue weighted by molar-refractivity contribution is 0.158. The van der Waals surface area contributed by atoms with E-state index >= 15 is 0 Å². The normalized spacial score (nSPS) is 13.2. The Morgan fingerprint density at radius 3 is 2.75 bits per heavy atom. The molecule has 0 saturated carbocycles. The van der Waals surface area contributed by atoms with Crippen LogP contribution >= 0.6 is 0 Å². The lowest BCUT2D eigenvalue weighted by Gasteiger charge is -2.16. The largest absolute Gasteiger partial charge is 0.409 e. The van der Waals surface area contributed by atoms with E-state index in [0.717, 1.165) is 11.1 Å². The first kappa shape index (κ1) is 16.2. The number of nitrogens with zero attached hydrogens (tertiary/aromatic N) is 1. The summed E-state index contributed by atoms with van der Waals surface area (Å²) in [6.07, 6.45) is 0. The van der Waals surface area contributed by atoms with Crippen molar-refractivity contribution in [3.63, 3.8) is 0 Å². The standard InChI is InChI=1S/C15H23N3O2/c1-12(2)11-20-9-8-17-10-14(15(16)18-19)13-6-4-3-5-7-13/h3-7,14,17,19H,1,8-11H2,2H3,(H2,16,18). The van der Waals surface area contributed by atoms with E-state index in [4.69, 9.17) is 15.7 Å². The fourth-order valence-corrected chi connectivity index (χ4v) is 1.79. The average Bonchev–Trinajstić information content (AvgIpc) is 2.46. The number of amidine groups is 1. The topological polar surface area (TPSA) is 79.9 Å². The van der Waals surface area contributed by atoms with Gasteiger partial charge in [-0.1, -0.05) is 47.6 Å². The number of benzene rings is 1. The highest BCUT2D eigenvalue weighted by Gasteiger charge is 2.15. The van der Waals surface area contributed by atoms with Crippen molar-refractivity contribution >= 4 is 5.84 Å². The monoisotopic (exact) mass is 277 g/mol. The molecule has 1 rings (SSSR count). The Bertz CT molecular complexity index is 432. The summed E-state index contributed by atoms with van der Waals surface area (Å²) >= 11 is 0. The molecule has 1 aromatic rings. The van der Waals surface area contributed by atoms with E-state index in [1.807, 2.05) is 37.3 Å². The zero-order chi connectivity index (χ0) is 14.8. The predicted molar refractivity (Wildman–Crippen MR) is 81.1 cm³/mol. The summed E-state index contributed by atoms with van der Waals surface area (Å²) in [5, 5.41) is 15.2. The Kier molecular flexibility index (Phi) is 7.39. The summed E-state index contributed by atoms with van der Waals surface area (Å²) in [6, 6.07) is 9.72. The van der Waals surface area contributed by atoms with Crippen LogP contribution in [0.3, 0.4) is 0 Å². The van der Waals surface area contributed by atoms with Crippen molar-refractivity contribution < 1.29 is 9.94 Å². The van der Waals surface area contributed by atoms with Crippen molar-refractivity contribution in [1.29, 1.82) is 0 Å².